The third-order valence-corrected chi connectivity index (χ3v) is 3.07. The number of esters is 1. The van der Waals surface area contributed by atoms with Crippen molar-refractivity contribution in [3.05, 3.63) is 71.3 Å². The average molecular weight is 286 g/mol. The zero-order valence-electron chi connectivity index (χ0n) is 11.9. The molecule has 4 nitrogen and oxygen atoms in total. The van der Waals surface area contributed by atoms with Crippen LogP contribution in [0.5, 0.6) is 0 Å². The highest BCUT2D eigenvalue weighted by Gasteiger charge is 2.17. The van der Waals surface area contributed by atoms with Gasteiger partial charge in [0.2, 0.25) is 0 Å². The van der Waals surface area contributed by atoms with E-state index in [4.69, 9.17) is 4.74 Å². The van der Waals surface area contributed by atoms with E-state index in [2.05, 4.69) is 4.74 Å². The maximum Gasteiger partial charge on any atom is 0.339 e. The molecular formula is C17H18O4. The predicted octanol–water partition coefficient (Wildman–Crippen LogP) is 2.61. The van der Waals surface area contributed by atoms with Crippen molar-refractivity contribution < 1.29 is 19.4 Å². The molecule has 0 radical (unpaired) electrons. The van der Waals surface area contributed by atoms with Gasteiger partial charge in [0.05, 0.1) is 20.3 Å². The van der Waals surface area contributed by atoms with Gasteiger partial charge in [-0.2, -0.15) is 0 Å². The number of hydrogen-bond donors (Lipinski definition) is 1. The van der Waals surface area contributed by atoms with Crippen molar-refractivity contribution in [1.82, 2.24) is 0 Å². The minimum atomic E-state index is -1.26. The van der Waals surface area contributed by atoms with Crippen LogP contribution in [-0.2, 0) is 27.5 Å². The Kier molecular flexibility index (Phi) is 5.49. The van der Waals surface area contributed by atoms with Gasteiger partial charge in [0, 0.05) is 0 Å². The van der Waals surface area contributed by atoms with Gasteiger partial charge < -0.3 is 14.6 Å². The Balaban J connectivity index is 1.93. The molecule has 1 N–H and O–H groups in total. The molecule has 4 heteroatoms. The first-order valence-electron chi connectivity index (χ1n) is 6.67. The van der Waals surface area contributed by atoms with E-state index in [9.17, 15) is 9.90 Å². The Labute approximate surface area is 123 Å². The standard InChI is InChI=1S/C17H18O4/c1-20-17(19)16(18)15-9-5-8-14(10-15)12-21-11-13-6-3-2-4-7-13/h2-10,16,18H,11-12H2,1H3. The lowest BCUT2D eigenvalue weighted by atomic mass is 10.1. The summed E-state index contributed by atoms with van der Waals surface area (Å²) >= 11 is 0. The summed E-state index contributed by atoms with van der Waals surface area (Å²) in [6.45, 7) is 0.932. The SMILES string of the molecule is COC(=O)C(O)c1cccc(COCc2ccccc2)c1. The van der Waals surface area contributed by atoms with Crippen molar-refractivity contribution in [2.45, 2.75) is 19.3 Å². The number of carbonyl (C=O) groups excluding carboxylic acids is 1. The van der Waals surface area contributed by atoms with Crippen LogP contribution in [0.4, 0.5) is 0 Å². The molecule has 0 aliphatic carbocycles. The van der Waals surface area contributed by atoms with Crippen LogP contribution < -0.4 is 0 Å². The number of aliphatic hydroxyl groups excluding tert-OH is 1. The number of ether oxygens (including phenoxy) is 2. The molecule has 0 aromatic heterocycles. The number of benzene rings is 2. The van der Waals surface area contributed by atoms with Crippen LogP contribution in [0.1, 0.15) is 22.8 Å². The molecule has 0 heterocycles. The third-order valence-electron chi connectivity index (χ3n) is 3.07. The minimum absolute atomic E-state index is 0.413. The van der Waals surface area contributed by atoms with Crippen molar-refractivity contribution in [3.63, 3.8) is 0 Å². The van der Waals surface area contributed by atoms with E-state index in [0.29, 0.717) is 18.8 Å². The molecule has 1 unspecified atom stereocenters. The first-order valence-corrected chi connectivity index (χ1v) is 6.67. The van der Waals surface area contributed by atoms with Gasteiger partial charge >= 0.3 is 5.97 Å². The molecule has 0 saturated heterocycles. The first kappa shape index (κ1) is 15.2. The summed E-state index contributed by atoms with van der Waals surface area (Å²) in [5.41, 5.74) is 2.50. The summed E-state index contributed by atoms with van der Waals surface area (Å²) in [6, 6.07) is 17.0. The Morgan fingerprint density at radius 3 is 2.43 bits per heavy atom. The summed E-state index contributed by atoms with van der Waals surface area (Å²) in [6.07, 6.45) is -1.26. The zero-order chi connectivity index (χ0) is 15.1. The lowest BCUT2D eigenvalue weighted by Gasteiger charge is -2.10. The first-order chi connectivity index (χ1) is 10.2. The largest absolute Gasteiger partial charge is 0.467 e. The van der Waals surface area contributed by atoms with E-state index in [-0.39, 0.29) is 0 Å². The molecule has 21 heavy (non-hydrogen) atoms. The quantitative estimate of drug-likeness (QED) is 0.829. The molecule has 0 aliphatic heterocycles. The van der Waals surface area contributed by atoms with Crippen LogP contribution in [0.25, 0.3) is 0 Å². The predicted molar refractivity (Wildman–Crippen MR) is 78.4 cm³/mol. The van der Waals surface area contributed by atoms with Crippen LogP contribution in [-0.4, -0.2) is 18.2 Å². The van der Waals surface area contributed by atoms with Gasteiger partial charge in [-0.15, -0.1) is 0 Å². The normalized spacial score (nSPS) is 11.9. The van der Waals surface area contributed by atoms with Crippen molar-refractivity contribution >= 4 is 5.97 Å². The molecule has 1 atom stereocenters. The van der Waals surface area contributed by atoms with E-state index in [0.717, 1.165) is 11.1 Å². The highest BCUT2D eigenvalue weighted by atomic mass is 16.5. The molecule has 0 aliphatic rings. The summed E-state index contributed by atoms with van der Waals surface area (Å²) in [4.78, 5) is 11.3. The van der Waals surface area contributed by atoms with Gasteiger partial charge in [-0.3, -0.25) is 0 Å². The minimum Gasteiger partial charge on any atom is -0.467 e. The van der Waals surface area contributed by atoms with Crippen LogP contribution in [0, 0.1) is 0 Å². The highest BCUT2D eigenvalue weighted by Crippen LogP contribution is 2.16. The second-order valence-electron chi connectivity index (χ2n) is 4.65. The van der Waals surface area contributed by atoms with E-state index < -0.39 is 12.1 Å². The molecule has 2 aromatic rings. The second-order valence-corrected chi connectivity index (χ2v) is 4.65. The Bertz CT molecular complexity index is 580. The van der Waals surface area contributed by atoms with Gasteiger partial charge in [0.25, 0.3) is 0 Å². The molecule has 110 valence electrons. The van der Waals surface area contributed by atoms with Gasteiger partial charge in [-0.1, -0.05) is 54.6 Å². The molecule has 0 bridgehead atoms. The third kappa shape index (κ3) is 4.41. The fourth-order valence-corrected chi connectivity index (χ4v) is 1.96. The number of rotatable bonds is 6. The van der Waals surface area contributed by atoms with Crippen molar-refractivity contribution in [2.24, 2.45) is 0 Å². The Hall–Kier alpha value is -2.17. The average Bonchev–Trinajstić information content (AvgIpc) is 2.54. The van der Waals surface area contributed by atoms with Crippen LogP contribution >= 0.6 is 0 Å². The Morgan fingerprint density at radius 1 is 1.05 bits per heavy atom. The molecule has 0 amide bonds. The van der Waals surface area contributed by atoms with Gasteiger partial charge in [-0.05, 0) is 16.7 Å². The summed E-state index contributed by atoms with van der Waals surface area (Å²) in [5, 5.41) is 9.80. The van der Waals surface area contributed by atoms with Crippen molar-refractivity contribution in [2.75, 3.05) is 7.11 Å². The van der Waals surface area contributed by atoms with E-state index >= 15 is 0 Å². The maximum atomic E-state index is 11.3. The van der Waals surface area contributed by atoms with Crippen LogP contribution in [0.2, 0.25) is 0 Å². The molecule has 0 saturated carbocycles. The van der Waals surface area contributed by atoms with Crippen LogP contribution in [0.3, 0.4) is 0 Å². The maximum absolute atomic E-state index is 11.3. The summed E-state index contributed by atoms with van der Waals surface area (Å²) in [7, 11) is 1.25. The van der Waals surface area contributed by atoms with Gasteiger partial charge in [-0.25, -0.2) is 4.79 Å². The lowest BCUT2D eigenvalue weighted by molar-refractivity contribution is -0.150. The van der Waals surface area contributed by atoms with E-state index in [1.165, 1.54) is 7.11 Å². The lowest BCUT2D eigenvalue weighted by Crippen LogP contribution is -2.13. The van der Waals surface area contributed by atoms with E-state index in [1.54, 1.807) is 18.2 Å². The summed E-state index contributed by atoms with van der Waals surface area (Å²) < 4.78 is 10.2. The van der Waals surface area contributed by atoms with Crippen LogP contribution in [0.15, 0.2) is 54.6 Å². The fraction of sp³-hybridized carbons (Fsp3) is 0.235. The smallest absolute Gasteiger partial charge is 0.339 e. The number of carbonyl (C=O) groups is 1. The molecule has 2 rings (SSSR count). The fourth-order valence-electron chi connectivity index (χ4n) is 1.96. The van der Waals surface area contributed by atoms with Crippen molar-refractivity contribution in [3.8, 4) is 0 Å². The number of aliphatic hydroxyl groups is 1. The number of hydrogen-bond acceptors (Lipinski definition) is 4. The Morgan fingerprint density at radius 2 is 1.71 bits per heavy atom. The number of methoxy groups -OCH3 is 1. The van der Waals surface area contributed by atoms with Crippen molar-refractivity contribution in [1.29, 1.82) is 0 Å². The van der Waals surface area contributed by atoms with Gasteiger partial charge in [0.1, 0.15) is 0 Å². The molecule has 2 aromatic carbocycles. The molecule has 0 fully saturated rings. The zero-order valence-corrected chi connectivity index (χ0v) is 11.9. The monoisotopic (exact) mass is 286 g/mol. The van der Waals surface area contributed by atoms with Gasteiger partial charge in [0.15, 0.2) is 6.10 Å². The molecular weight excluding hydrogens is 268 g/mol. The topological polar surface area (TPSA) is 55.8 Å². The van der Waals surface area contributed by atoms with E-state index in [1.807, 2.05) is 36.4 Å². The second kappa shape index (κ2) is 7.57. The molecule has 0 spiro atoms. The highest BCUT2D eigenvalue weighted by molar-refractivity contribution is 5.76. The summed E-state index contributed by atoms with van der Waals surface area (Å²) in [5.74, 6) is -0.669.